The van der Waals surface area contributed by atoms with Gasteiger partial charge in [-0.2, -0.15) is 0 Å². The van der Waals surface area contributed by atoms with Crippen LogP contribution in [0.4, 0.5) is 0 Å². The first kappa shape index (κ1) is 18.3. The molecule has 0 radical (unpaired) electrons. The molecule has 24 heavy (non-hydrogen) atoms. The summed E-state index contributed by atoms with van der Waals surface area (Å²) in [5.41, 5.74) is 1.34. The Hall–Kier alpha value is -2.08. The fourth-order valence-electron chi connectivity index (χ4n) is 2.77. The van der Waals surface area contributed by atoms with Crippen molar-refractivity contribution in [3.05, 3.63) is 34.8 Å². The number of aryl methyl sites for hydroxylation is 2. The van der Waals surface area contributed by atoms with Gasteiger partial charge in [0.05, 0.1) is 11.2 Å². The van der Waals surface area contributed by atoms with Gasteiger partial charge in [-0.05, 0) is 39.7 Å². The maximum atomic E-state index is 12.5. The highest BCUT2D eigenvalue weighted by molar-refractivity contribution is 5.95. The summed E-state index contributed by atoms with van der Waals surface area (Å²) in [5, 5.41) is 17.3. The van der Waals surface area contributed by atoms with Crippen molar-refractivity contribution in [3.63, 3.8) is 0 Å². The van der Waals surface area contributed by atoms with Crippen LogP contribution in [0.5, 0.6) is 0 Å². The number of aromatic nitrogens is 2. The van der Waals surface area contributed by atoms with Crippen LogP contribution in [-0.4, -0.2) is 32.9 Å². The smallest absolute Gasteiger partial charge is 0.253 e. The van der Waals surface area contributed by atoms with Crippen molar-refractivity contribution in [1.82, 2.24) is 15.0 Å². The number of rotatable bonds is 6. The highest BCUT2D eigenvalue weighted by Gasteiger charge is 2.28. The molecule has 6 nitrogen and oxygen atoms in total. The van der Waals surface area contributed by atoms with Gasteiger partial charge >= 0.3 is 0 Å². The van der Waals surface area contributed by atoms with Crippen molar-refractivity contribution in [3.8, 4) is 5.82 Å². The van der Waals surface area contributed by atoms with Crippen LogP contribution in [0.25, 0.3) is 5.82 Å². The van der Waals surface area contributed by atoms with Gasteiger partial charge in [-0.25, -0.2) is 0 Å². The Morgan fingerprint density at radius 3 is 2.62 bits per heavy atom. The number of hydrogen-bond acceptors (Lipinski definition) is 4. The van der Waals surface area contributed by atoms with Gasteiger partial charge in [0.2, 0.25) is 0 Å². The van der Waals surface area contributed by atoms with E-state index in [1.165, 1.54) is 0 Å². The first-order chi connectivity index (χ1) is 11.2. The van der Waals surface area contributed by atoms with Crippen molar-refractivity contribution in [2.45, 2.75) is 53.6 Å². The highest BCUT2D eigenvalue weighted by Crippen LogP contribution is 2.22. The van der Waals surface area contributed by atoms with E-state index in [-0.39, 0.29) is 18.4 Å². The molecule has 2 aromatic heterocycles. The average Bonchev–Trinajstić information content (AvgIpc) is 3.07. The molecule has 0 saturated carbocycles. The molecule has 0 saturated heterocycles. The largest absolute Gasteiger partial charge is 0.388 e. The molecule has 0 aliphatic rings. The summed E-state index contributed by atoms with van der Waals surface area (Å²) >= 11 is 0. The molecular weight excluding hydrogens is 306 g/mol. The lowest BCUT2D eigenvalue weighted by molar-refractivity contribution is 0.00592. The van der Waals surface area contributed by atoms with Crippen LogP contribution in [0.1, 0.15) is 54.7 Å². The Morgan fingerprint density at radius 1 is 1.42 bits per heavy atom. The predicted octanol–water partition coefficient (Wildman–Crippen LogP) is 2.92. The molecule has 0 aromatic carbocycles. The quantitative estimate of drug-likeness (QED) is 0.852. The van der Waals surface area contributed by atoms with Gasteiger partial charge in [-0.15, -0.1) is 0 Å². The Balaban J connectivity index is 2.20. The van der Waals surface area contributed by atoms with E-state index >= 15 is 0 Å². The van der Waals surface area contributed by atoms with Crippen molar-refractivity contribution >= 4 is 5.91 Å². The van der Waals surface area contributed by atoms with Crippen molar-refractivity contribution in [1.29, 1.82) is 0 Å². The molecule has 0 bridgehead atoms. The minimum absolute atomic E-state index is 0.100. The van der Waals surface area contributed by atoms with Gasteiger partial charge < -0.3 is 14.9 Å². The molecule has 1 amide bonds. The number of nitrogens with zero attached hydrogens (tertiary/aromatic N) is 2. The molecule has 0 aliphatic carbocycles. The molecule has 0 fully saturated rings. The minimum atomic E-state index is -0.931. The summed E-state index contributed by atoms with van der Waals surface area (Å²) in [6.07, 6.45) is 0.850. The number of aliphatic hydroxyl groups is 1. The number of nitrogens with one attached hydrogen (secondary N) is 1. The summed E-state index contributed by atoms with van der Waals surface area (Å²) in [6.45, 7) is 11.6. The second-order valence-corrected chi connectivity index (χ2v) is 6.77. The summed E-state index contributed by atoms with van der Waals surface area (Å²) < 4.78 is 7.01. The Kier molecular flexibility index (Phi) is 5.18. The lowest BCUT2D eigenvalue weighted by atomic mass is 9.88. The third-order valence-corrected chi connectivity index (χ3v) is 4.80. The number of amides is 1. The standard InChI is InChI=1S/C18H27N3O3/c1-7-11(2)18(6,23)10-19-17(22)15-8-12(3)21(14(15)5)16-9-13(4)24-20-16/h8-9,11,23H,7,10H2,1-6H3,(H,19,22). The van der Waals surface area contributed by atoms with E-state index in [0.717, 1.165) is 17.8 Å². The minimum Gasteiger partial charge on any atom is -0.388 e. The van der Waals surface area contributed by atoms with Gasteiger partial charge in [0.1, 0.15) is 5.76 Å². The molecule has 0 aliphatic heterocycles. The summed E-state index contributed by atoms with van der Waals surface area (Å²) in [7, 11) is 0. The van der Waals surface area contributed by atoms with E-state index in [0.29, 0.717) is 17.1 Å². The van der Waals surface area contributed by atoms with Crippen molar-refractivity contribution in [2.24, 2.45) is 5.92 Å². The highest BCUT2D eigenvalue weighted by atomic mass is 16.5. The normalized spacial score (nSPS) is 15.1. The van der Waals surface area contributed by atoms with Gasteiger partial charge in [0, 0.05) is 24.0 Å². The number of hydrogen-bond donors (Lipinski definition) is 2. The Labute approximate surface area is 142 Å². The Bertz CT molecular complexity index is 728. The molecule has 2 heterocycles. The molecule has 2 unspecified atom stereocenters. The van der Waals surface area contributed by atoms with Crippen LogP contribution < -0.4 is 5.32 Å². The predicted molar refractivity (Wildman–Crippen MR) is 92.5 cm³/mol. The SMILES string of the molecule is CCC(C)C(C)(O)CNC(=O)c1cc(C)n(-c2cc(C)on2)c1C. The number of carbonyl (C=O) groups excluding carboxylic acids is 1. The fraction of sp³-hybridized carbons (Fsp3) is 0.556. The Morgan fingerprint density at radius 2 is 2.08 bits per heavy atom. The zero-order valence-electron chi connectivity index (χ0n) is 15.3. The van der Waals surface area contributed by atoms with E-state index in [4.69, 9.17) is 4.52 Å². The first-order valence-corrected chi connectivity index (χ1v) is 8.30. The summed E-state index contributed by atoms with van der Waals surface area (Å²) in [6, 6.07) is 3.65. The second-order valence-electron chi connectivity index (χ2n) is 6.77. The molecule has 6 heteroatoms. The third kappa shape index (κ3) is 3.53. The lowest BCUT2D eigenvalue weighted by Gasteiger charge is -2.29. The zero-order valence-corrected chi connectivity index (χ0v) is 15.3. The van der Waals surface area contributed by atoms with E-state index in [1.54, 1.807) is 6.92 Å². The van der Waals surface area contributed by atoms with Gasteiger partial charge in [0.15, 0.2) is 5.82 Å². The van der Waals surface area contributed by atoms with Crippen LogP contribution in [0.3, 0.4) is 0 Å². The lowest BCUT2D eigenvalue weighted by Crippen LogP contribution is -2.45. The van der Waals surface area contributed by atoms with Crippen molar-refractivity contribution < 1.29 is 14.4 Å². The third-order valence-electron chi connectivity index (χ3n) is 4.80. The first-order valence-electron chi connectivity index (χ1n) is 8.30. The fourth-order valence-corrected chi connectivity index (χ4v) is 2.77. The molecular formula is C18H27N3O3. The second kappa shape index (κ2) is 6.81. The van der Waals surface area contributed by atoms with Crippen LogP contribution in [0.2, 0.25) is 0 Å². The van der Waals surface area contributed by atoms with E-state index < -0.39 is 5.60 Å². The molecule has 0 spiro atoms. The summed E-state index contributed by atoms with van der Waals surface area (Å²) in [4.78, 5) is 12.5. The van der Waals surface area contributed by atoms with Crippen LogP contribution >= 0.6 is 0 Å². The van der Waals surface area contributed by atoms with Crippen molar-refractivity contribution in [2.75, 3.05) is 6.54 Å². The average molecular weight is 333 g/mol. The molecule has 132 valence electrons. The van der Waals surface area contributed by atoms with Gasteiger partial charge in [-0.3, -0.25) is 9.36 Å². The van der Waals surface area contributed by atoms with Gasteiger partial charge in [-0.1, -0.05) is 25.4 Å². The van der Waals surface area contributed by atoms with Crippen LogP contribution in [0.15, 0.2) is 16.7 Å². The molecule has 2 atom stereocenters. The molecule has 2 rings (SSSR count). The molecule has 2 aromatic rings. The van der Waals surface area contributed by atoms with Crippen LogP contribution in [-0.2, 0) is 0 Å². The monoisotopic (exact) mass is 333 g/mol. The topological polar surface area (TPSA) is 80.3 Å². The van der Waals surface area contributed by atoms with Gasteiger partial charge in [0.25, 0.3) is 5.91 Å². The van der Waals surface area contributed by atoms with E-state index in [2.05, 4.69) is 10.5 Å². The molecule has 2 N–H and O–H groups in total. The van der Waals surface area contributed by atoms with E-state index in [9.17, 15) is 9.90 Å². The van der Waals surface area contributed by atoms with Crippen LogP contribution in [0, 0.1) is 26.7 Å². The number of carbonyl (C=O) groups is 1. The maximum Gasteiger partial charge on any atom is 0.253 e. The summed E-state index contributed by atoms with van der Waals surface area (Å²) in [5.74, 6) is 1.28. The zero-order chi connectivity index (χ0) is 18.1. The van der Waals surface area contributed by atoms with E-state index in [1.807, 2.05) is 51.3 Å². The maximum absolute atomic E-state index is 12.5.